The Bertz CT molecular complexity index is 625. The van der Waals surface area contributed by atoms with E-state index >= 15 is 0 Å². The van der Waals surface area contributed by atoms with E-state index in [2.05, 4.69) is 15.9 Å². The summed E-state index contributed by atoms with van der Waals surface area (Å²) in [6.45, 7) is 4.13. The highest BCUT2D eigenvalue weighted by atomic mass is 79.9. The molecule has 0 spiro atoms. The second-order valence-electron chi connectivity index (χ2n) is 5.38. The van der Waals surface area contributed by atoms with E-state index < -0.39 is 5.97 Å². The van der Waals surface area contributed by atoms with Crippen molar-refractivity contribution >= 4 is 33.9 Å². The maximum absolute atomic E-state index is 12.6. The van der Waals surface area contributed by atoms with Crippen LogP contribution in [0.3, 0.4) is 0 Å². The van der Waals surface area contributed by atoms with Crippen LogP contribution in [0.15, 0.2) is 28.2 Å². The molecule has 5 nitrogen and oxygen atoms in total. The fraction of sp³-hybridized carbons (Fsp3) is 0.375. The third kappa shape index (κ3) is 3.88. The van der Waals surface area contributed by atoms with E-state index in [1.807, 2.05) is 38.1 Å². The lowest BCUT2D eigenvalue weighted by atomic mass is 10.1. The van der Waals surface area contributed by atoms with Gasteiger partial charge in [0, 0.05) is 22.6 Å². The van der Waals surface area contributed by atoms with E-state index in [4.69, 9.17) is 9.84 Å². The van der Waals surface area contributed by atoms with Crippen molar-refractivity contribution in [2.45, 2.75) is 26.3 Å². The number of carbonyl (C=O) groups excluding carboxylic acids is 1. The molecule has 0 unspecified atom stereocenters. The first kappa shape index (κ1) is 16.5. The quantitative estimate of drug-likeness (QED) is 0.868. The third-order valence-electron chi connectivity index (χ3n) is 3.41. The highest BCUT2D eigenvalue weighted by Gasteiger charge is 2.24. The van der Waals surface area contributed by atoms with E-state index in [1.54, 1.807) is 4.90 Å². The van der Waals surface area contributed by atoms with Gasteiger partial charge in [-0.1, -0.05) is 15.9 Å². The zero-order chi connectivity index (χ0) is 16.3. The first-order valence-corrected chi connectivity index (χ1v) is 7.83. The number of carbonyl (C=O) groups is 2. The number of halogens is 1. The minimum absolute atomic E-state index is 0.0693. The fourth-order valence-corrected chi connectivity index (χ4v) is 2.65. The topological polar surface area (TPSA) is 66.8 Å². The predicted molar refractivity (Wildman–Crippen MR) is 86.7 cm³/mol. The molecule has 22 heavy (non-hydrogen) atoms. The van der Waals surface area contributed by atoms with Crippen molar-refractivity contribution in [3.05, 3.63) is 33.8 Å². The summed E-state index contributed by atoms with van der Waals surface area (Å²) in [5.41, 5.74) is 1.37. The summed E-state index contributed by atoms with van der Waals surface area (Å²) in [7, 11) is 0. The first-order chi connectivity index (χ1) is 10.4. The van der Waals surface area contributed by atoms with Gasteiger partial charge in [-0.2, -0.15) is 0 Å². The van der Waals surface area contributed by atoms with Crippen LogP contribution >= 0.6 is 15.9 Å². The Kier molecular flexibility index (Phi) is 5.24. The van der Waals surface area contributed by atoms with E-state index in [0.29, 0.717) is 5.57 Å². The molecule has 0 aliphatic carbocycles. The van der Waals surface area contributed by atoms with Crippen LogP contribution in [0, 0.1) is 0 Å². The molecule has 1 aliphatic heterocycles. The number of fused-ring (bicyclic) bond motifs is 1. The van der Waals surface area contributed by atoms with Crippen molar-refractivity contribution in [3.63, 3.8) is 0 Å². The number of rotatable bonds is 5. The van der Waals surface area contributed by atoms with Crippen molar-refractivity contribution in [2.75, 3.05) is 13.2 Å². The molecule has 1 aromatic rings. The molecule has 1 amide bonds. The number of carboxylic acids is 1. The van der Waals surface area contributed by atoms with Gasteiger partial charge in [0.2, 0.25) is 0 Å². The van der Waals surface area contributed by atoms with Gasteiger partial charge in [0.15, 0.2) is 0 Å². The summed E-state index contributed by atoms with van der Waals surface area (Å²) >= 11 is 3.39. The minimum Gasteiger partial charge on any atom is -0.488 e. The van der Waals surface area contributed by atoms with Crippen LogP contribution in [0.25, 0.3) is 6.08 Å². The lowest BCUT2D eigenvalue weighted by molar-refractivity contribution is -0.138. The molecule has 1 aliphatic rings. The molecule has 0 fully saturated rings. The molecule has 1 aromatic carbocycles. The van der Waals surface area contributed by atoms with Gasteiger partial charge in [0.25, 0.3) is 5.91 Å². The van der Waals surface area contributed by atoms with Crippen LogP contribution in [-0.2, 0) is 9.59 Å². The smallest absolute Gasteiger partial charge is 0.305 e. The summed E-state index contributed by atoms with van der Waals surface area (Å²) in [5, 5.41) is 8.81. The number of hydrogen-bond acceptors (Lipinski definition) is 3. The number of ether oxygens (including phenoxy) is 1. The van der Waals surface area contributed by atoms with Crippen LogP contribution in [0.4, 0.5) is 0 Å². The Morgan fingerprint density at radius 2 is 2.14 bits per heavy atom. The number of hydrogen-bond donors (Lipinski definition) is 1. The largest absolute Gasteiger partial charge is 0.488 e. The Morgan fingerprint density at radius 1 is 1.41 bits per heavy atom. The number of amides is 1. The van der Waals surface area contributed by atoms with Gasteiger partial charge in [-0.05, 0) is 38.1 Å². The van der Waals surface area contributed by atoms with Crippen LogP contribution < -0.4 is 4.74 Å². The summed E-state index contributed by atoms with van der Waals surface area (Å²) in [6, 6.07) is 5.55. The van der Waals surface area contributed by atoms with Gasteiger partial charge in [0.05, 0.1) is 12.0 Å². The van der Waals surface area contributed by atoms with Gasteiger partial charge in [-0.25, -0.2) is 0 Å². The van der Waals surface area contributed by atoms with E-state index in [9.17, 15) is 9.59 Å². The van der Waals surface area contributed by atoms with Gasteiger partial charge >= 0.3 is 5.97 Å². The maximum Gasteiger partial charge on any atom is 0.305 e. The third-order valence-corrected chi connectivity index (χ3v) is 3.90. The summed E-state index contributed by atoms with van der Waals surface area (Å²) in [6.07, 6.45) is 1.74. The van der Waals surface area contributed by atoms with Crippen molar-refractivity contribution in [3.8, 4) is 5.75 Å². The minimum atomic E-state index is -0.915. The molecule has 0 bridgehead atoms. The Hall–Kier alpha value is -1.82. The van der Waals surface area contributed by atoms with Crippen molar-refractivity contribution in [2.24, 2.45) is 0 Å². The molecule has 0 radical (unpaired) electrons. The lowest BCUT2D eigenvalue weighted by Gasteiger charge is -2.28. The summed E-state index contributed by atoms with van der Waals surface area (Å²) in [4.78, 5) is 24.9. The standard InChI is InChI=1S/C16H18BrNO4/c1-10(2)18(6-5-15(19)20)16(21)12-7-11-8-13(17)3-4-14(11)22-9-12/h3-4,7-8,10H,5-6,9H2,1-2H3,(H,19,20). The molecule has 0 saturated carbocycles. The molecule has 6 heteroatoms. The molecule has 1 N–H and O–H groups in total. The van der Waals surface area contributed by atoms with Crippen LogP contribution in [0.2, 0.25) is 0 Å². The van der Waals surface area contributed by atoms with Crippen LogP contribution in [-0.4, -0.2) is 41.1 Å². The van der Waals surface area contributed by atoms with Crippen molar-refractivity contribution < 1.29 is 19.4 Å². The first-order valence-electron chi connectivity index (χ1n) is 7.04. The van der Waals surface area contributed by atoms with E-state index in [-0.39, 0.29) is 31.5 Å². The van der Waals surface area contributed by atoms with E-state index in [1.165, 1.54) is 0 Å². The average Bonchev–Trinajstić information content (AvgIpc) is 2.45. The molecule has 0 aromatic heterocycles. The monoisotopic (exact) mass is 367 g/mol. The molecule has 0 saturated heterocycles. The number of benzene rings is 1. The molecular formula is C16H18BrNO4. The second-order valence-corrected chi connectivity index (χ2v) is 6.29. The average molecular weight is 368 g/mol. The highest BCUT2D eigenvalue weighted by Crippen LogP contribution is 2.29. The lowest BCUT2D eigenvalue weighted by Crippen LogP contribution is -2.40. The van der Waals surface area contributed by atoms with Gasteiger partial charge in [-0.3, -0.25) is 9.59 Å². The van der Waals surface area contributed by atoms with Crippen molar-refractivity contribution in [1.29, 1.82) is 0 Å². The molecular weight excluding hydrogens is 350 g/mol. The van der Waals surface area contributed by atoms with Crippen LogP contribution in [0.1, 0.15) is 25.8 Å². The van der Waals surface area contributed by atoms with Gasteiger partial charge < -0.3 is 14.7 Å². The second kappa shape index (κ2) is 6.96. The number of carboxylic acid groups (broad SMARTS) is 1. The fourth-order valence-electron chi connectivity index (χ4n) is 2.27. The normalized spacial score (nSPS) is 13.2. The highest BCUT2D eigenvalue weighted by molar-refractivity contribution is 9.10. The Labute approximate surface area is 137 Å². The summed E-state index contributed by atoms with van der Waals surface area (Å²) in [5.74, 6) is -0.357. The molecule has 2 rings (SSSR count). The number of aliphatic carboxylic acids is 1. The molecule has 0 atom stereocenters. The molecule has 1 heterocycles. The SMILES string of the molecule is CC(C)N(CCC(=O)O)C(=O)C1=Cc2cc(Br)ccc2OC1. The Balaban J connectivity index is 2.22. The Morgan fingerprint density at radius 3 is 2.77 bits per heavy atom. The van der Waals surface area contributed by atoms with Gasteiger partial charge in [0.1, 0.15) is 12.4 Å². The van der Waals surface area contributed by atoms with Crippen molar-refractivity contribution in [1.82, 2.24) is 4.90 Å². The maximum atomic E-state index is 12.6. The zero-order valence-electron chi connectivity index (χ0n) is 12.5. The summed E-state index contributed by atoms with van der Waals surface area (Å²) < 4.78 is 6.52. The van der Waals surface area contributed by atoms with E-state index in [0.717, 1.165) is 15.8 Å². The number of nitrogens with zero attached hydrogens (tertiary/aromatic N) is 1. The zero-order valence-corrected chi connectivity index (χ0v) is 14.1. The van der Waals surface area contributed by atoms with Gasteiger partial charge in [-0.15, -0.1) is 0 Å². The predicted octanol–water partition coefficient (Wildman–Crippen LogP) is 2.94. The molecule has 118 valence electrons. The van der Waals surface area contributed by atoms with Crippen LogP contribution in [0.5, 0.6) is 5.75 Å².